The number of methoxy groups -OCH3 is 1. The first-order valence-electron chi connectivity index (χ1n) is 12.1. The van der Waals surface area contributed by atoms with E-state index in [0.717, 1.165) is 25.8 Å². The summed E-state index contributed by atoms with van der Waals surface area (Å²) >= 11 is 0. The molecule has 2 aliphatic rings. The minimum atomic E-state index is -2.60. The normalized spacial score (nSPS) is 21.1. The zero-order valence-corrected chi connectivity index (χ0v) is 20.6. The van der Waals surface area contributed by atoms with E-state index in [1.807, 2.05) is 4.90 Å². The lowest BCUT2D eigenvalue weighted by atomic mass is 9.64. The fourth-order valence-electron chi connectivity index (χ4n) is 5.85. The van der Waals surface area contributed by atoms with Crippen LogP contribution < -0.4 is 10.1 Å². The second-order valence-electron chi connectivity index (χ2n) is 9.85. The van der Waals surface area contributed by atoms with Gasteiger partial charge < -0.3 is 19.5 Å². The van der Waals surface area contributed by atoms with E-state index in [0.29, 0.717) is 39.8 Å². The predicted octanol–water partition coefficient (Wildman–Crippen LogP) is 4.03. The monoisotopic (exact) mass is 513 g/mol. The van der Waals surface area contributed by atoms with Gasteiger partial charge in [0.25, 0.3) is 6.43 Å². The molecule has 9 nitrogen and oxygen atoms in total. The Balaban J connectivity index is 1.33. The molecule has 1 aliphatic carbocycles. The fraction of sp³-hybridized carbons (Fsp3) is 0.440. The molecule has 4 aromatic rings. The third kappa shape index (κ3) is 3.68. The number of halogens is 3. The van der Waals surface area contributed by atoms with Crippen molar-refractivity contribution in [3.63, 3.8) is 0 Å². The Kier molecular flexibility index (Phi) is 5.32. The Morgan fingerprint density at radius 1 is 1.30 bits per heavy atom. The van der Waals surface area contributed by atoms with Gasteiger partial charge in [0.1, 0.15) is 16.9 Å². The maximum atomic E-state index is 15.0. The molecule has 37 heavy (non-hydrogen) atoms. The highest BCUT2D eigenvalue weighted by molar-refractivity contribution is 5.90. The van der Waals surface area contributed by atoms with Crippen LogP contribution >= 0.6 is 0 Å². The Labute approximate surface area is 210 Å². The van der Waals surface area contributed by atoms with Gasteiger partial charge in [-0.15, -0.1) is 5.10 Å². The molecule has 0 unspecified atom stereocenters. The van der Waals surface area contributed by atoms with E-state index in [9.17, 15) is 13.6 Å². The number of nitrogens with one attached hydrogen (secondary N) is 1. The summed E-state index contributed by atoms with van der Waals surface area (Å²) in [7, 11) is 1.49. The van der Waals surface area contributed by atoms with Crippen molar-refractivity contribution in [2.75, 3.05) is 19.0 Å². The number of hydrogen-bond acceptors (Lipinski definition) is 6. The molecule has 1 N–H and O–H groups in total. The zero-order valence-electron chi connectivity index (χ0n) is 20.6. The van der Waals surface area contributed by atoms with Crippen molar-refractivity contribution in [2.24, 2.45) is 0 Å². The van der Waals surface area contributed by atoms with Crippen molar-refractivity contribution < 1.29 is 22.7 Å². The third-order valence-corrected chi connectivity index (χ3v) is 7.64. The number of anilines is 1. The number of carbonyl (C=O) groups is 1. The van der Waals surface area contributed by atoms with Crippen molar-refractivity contribution in [3.8, 4) is 17.0 Å². The molecule has 1 saturated carbocycles. The summed E-state index contributed by atoms with van der Waals surface area (Å²) in [6.45, 7) is 3.41. The average molecular weight is 514 g/mol. The fourth-order valence-corrected chi connectivity index (χ4v) is 5.85. The van der Waals surface area contributed by atoms with Crippen LogP contribution in [0.25, 0.3) is 27.7 Å². The van der Waals surface area contributed by atoms with Crippen LogP contribution in [0.2, 0.25) is 0 Å². The Morgan fingerprint density at radius 3 is 2.73 bits per heavy atom. The molecule has 0 bridgehead atoms. The molecule has 1 aliphatic heterocycles. The van der Waals surface area contributed by atoms with Gasteiger partial charge in [-0.25, -0.2) is 22.7 Å². The van der Waals surface area contributed by atoms with Gasteiger partial charge in [0.15, 0.2) is 5.82 Å². The van der Waals surface area contributed by atoms with Gasteiger partial charge in [0.05, 0.1) is 19.2 Å². The van der Waals surface area contributed by atoms with Crippen molar-refractivity contribution in [2.45, 2.75) is 57.7 Å². The lowest BCUT2D eigenvalue weighted by molar-refractivity contribution is -0.154. The van der Waals surface area contributed by atoms with E-state index in [2.05, 4.69) is 20.4 Å². The number of benzene rings is 1. The molecule has 1 spiro atoms. The quantitative estimate of drug-likeness (QED) is 0.419. The number of likely N-dealkylation sites (tertiary alicyclic amines) is 1. The summed E-state index contributed by atoms with van der Waals surface area (Å²) in [5.74, 6) is 0.489. The summed E-state index contributed by atoms with van der Waals surface area (Å²) in [6.07, 6.45) is 1.79. The van der Waals surface area contributed by atoms with Crippen molar-refractivity contribution >= 4 is 28.4 Å². The number of carbonyl (C=O) groups excluding carboxylic acids is 1. The molecular weight excluding hydrogens is 487 g/mol. The van der Waals surface area contributed by atoms with E-state index in [-0.39, 0.29) is 23.0 Å². The Morgan fingerprint density at radius 2 is 2.08 bits per heavy atom. The lowest BCUT2D eigenvalue weighted by Crippen LogP contribution is -2.70. The van der Waals surface area contributed by atoms with Crippen molar-refractivity contribution in [1.82, 2.24) is 29.0 Å². The molecule has 3 aromatic heterocycles. The van der Waals surface area contributed by atoms with Crippen LogP contribution in [0.1, 0.15) is 32.0 Å². The summed E-state index contributed by atoms with van der Waals surface area (Å²) in [6, 6.07) is 4.87. The molecule has 12 heteroatoms. The van der Waals surface area contributed by atoms with Crippen LogP contribution in [0.4, 0.5) is 19.1 Å². The smallest absolute Gasteiger partial charge is 0.256 e. The van der Waals surface area contributed by atoms with Crippen LogP contribution in [0.15, 0.2) is 24.4 Å². The standard InChI is InChI=1S/C25H26F3N7O2/c1-13-29-21-18(26)8-15(9-19(21)33(13)12-20(27)28)17-4-6-35-22(17)23(37-3)31-24(32-35)30-16-10-25(11-16)5-7-34(25)14(2)36/h4,6,8-9,16,20H,5,7,10-12H2,1-3H3,(H,30,32)/t16-,25-. The minimum Gasteiger partial charge on any atom is -0.479 e. The second-order valence-corrected chi connectivity index (χ2v) is 9.85. The predicted molar refractivity (Wildman–Crippen MR) is 130 cm³/mol. The summed E-state index contributed by atoms with van der Waals surface area (Å²) in [5, 5.41) is 7.90. The molecule has 1 amide bonds. The first-order chi connectivity index (χ1) is 17.7. The molecular formula is C25H26F3N7O2. The Bertz CT molecular complexity index is 1540. The lowest BCUT2D eigenvalue weighted by Gasteiger charge is -2.61. The summed E-state index contributed by atoms with van der Waals surface area (Å²) in [4.78, 5) is 22.4. The van der Waals surface area contributed by atoms with Crippen LogP contribution in [0, 0.1) is 12.7 Å². The number of aromatic nitrogens is 5. The second kappa shape index (κ2) is 8.35. The first-order valence-corrected chi connectivity index (χ1v) is 12.1. The van der Waals surface area contributed by atoms with Gasteiger partial charge in [-0.2, -0.15) is 4.98 Å². The zero-order chi connectivity index (χ0) is 26.1. The van der Waals surface area contributed by atoms with Gasteiger partial charge in [0, 0.05) is 36.8 Å². The van der Waals surface area contributed by atoms with Crippen molar-refractivity contribution in [3.05, 3.63) is 36.0 Å². The van der Waals surface area contributed by atoms with E-state index >= 15 is 4.39 Å². The third-order valence-electron chi connectivity index (χ3n) is 7.64. The van der Waals surface area contributed by atoms with Crippen LogP contribution in [0.3, 0.4) is 0 Å². The van der Waals surface area contributed by atoms with Gasteiger partial charge >= 0.3 is 0 Å². The maximum Gasteiger partial charge on any atom is 0.256 e. The number of hydrogen-bond donors (Lipinski definition) is 1. The molecule has 4 heterocycles. The SMILES string of the molecule is COc1nc(N[C@H]2C[C@@]3(CCN3C(C)=O)C2)nn2ccc(-c3cc(F)c4nc(C)n(CC(F)F)c4c3)c12. The van der Waals surface area contributed by atoms with Crippen LogP contribution in [0.5, 0.6) is 5.88 Å². The highest BCUT2D eigenvalue weighted by atomic mass is 19.3. The minimum absolute atomic E-state index is 0.0454. The topological polar surface area (TPSA) is 89.6 Å². The summed E-state index contributed by atoms with van der Waals surface area (Å²) in [5.41, 5.74) is 1.89. The maximum absolute atomic E-state index is 15.0. The molecule has 194 valence electrons. The van der Waals surface area contributed by atoms with Crippen LogP contribution in [-0.2, 0) is 11.3 Å². The molecule has 1 saturated heterocycles. The number of alkyl halides is 2. The van der Waals surface area contributed by atoms with Gasteiger partial charge in [-0.1, -0.05) is 0 Å². The molecule has 2 fully saturated rings. The highest BCUT2D eigenvalue weighted by Gasteiger charge is 2.55. The first kappa shape index (κ1) is 23.6. The van der Waals surface area contributed by atoms with E-state index in [4.69, 9.17) is 4.74 Å². The number of fused-ring (bicyclic) bond motifs is 2. The molecule has 0 atom stereocenters. The van der Waals surface area contributed by atoms with E-state index < -0.39 is 18.8 Å². The number of ether oxygens (including phenoxy) is 1. The van der Waals surface area contributed by atoms with Gasteiger partial charge in [0.2, 0.25) is 17.7 Å². The van der Waals surface area contributed by atoms with Crippen molar-refractivity contribution in [1.29, 1.82) is 0 Å². The van der Waals surface area contributed by atoms with E-state index in [1.165, 1.54) is 17.7 Å². The number of nitrogens with zero attached hydrogens (tertiary/aromatic N) is 6. The number of imidazole rings is 1. The molecule has 6 rings (SSSR count). The Hall–Kier alpha value is -3.83. The molecule has 1 aromatic carbocycles. The average Bonchev–Trinajstić information content (AvgIpc) is 3.35. The number of rotatable bonds is 6. The van der Waals surface area contributed by atoms with E-state index in [1.54, 1.807) is 36.7 Å². The number of aryl methyl sites for hydroxylation is 1. The highest BCUT2D eigenvalue weighted by Crippen LogP contribution is 2.48. The largest absolute Gasteiger partial charge is 0.479 e. The van der Waals surface area contributed by atoms with Crippen LogP contribution in [-0.4, -0.2) is 66.6 Å². The number of amides is 1. The molecule has 0 radical (unpaired) electrons. The van der Waals surface area contributed by atoms with Gasteiger partial charge in [-0.05, 0) is 49.9 Å². The van der Waals surface area contributed by atoms with Gasteiger partial charge in [-0.3, -0.25) is 4.79 Å². The summed E-state index contributed by atoms with van der Waals surface area (Å²) < 4.78 is 49.8.